The molecule has 0 bridgehead atoms. The molecule has 0 aliphatic carbocycles. The molecule has 0 radical (unpaired) electrons. The normalized spacial score (nSPS) is 20.2. The van der Waals surface area contributed by atoms with E-state index in [-0.39, 0.29) is 30.4 Å². The van der Waals surface area contributed by atoms with Crippen molar-refractivity contribution < 1.29 is 22.7 Å². The van der Waals surface area contributed by atoms with Crippen molar-refractivity contribution in [2.24, 2.45) is 5.73 Å². The Kier molecular flexibility index (Phi) is 4.87. The van der Waals surface area contributed by atoms with Gasteiger partial charge < -0.3 is 15.2 Å². The van der Waals surface area contributed by atoms with Crippen LogP contribution < -0.4 is 10.5 Å². The molecule has 1 aliphatic rings. The second-order valence-electron chi connectivity index (χ2n) is 4.40. The number of hydrogen-bond acceptors (Lipinski definition) is 5. The van der Waals surface area contributed by atoms with Crippen LogP contribution in [0.15, 0.2) is 27.6 Å². The van der Waals surface area contributed by atoms with Crippen molar-refractivity contribution >= 4 is 31.9 Å². The summed E-state index contributed by atoms with van der Waals surface area (Å²) >= 11 is 3.23. The van der Waals surface area contributed by atoms with E-state index in [2.05, 4.69) is 15.9 Å². The fourth-order valence-corrected chi connectivity index (χ4v) is 4.34. The first-order chi connectivity index (χ1) is 9.87. The highest BCUT2D eigenvalue weighted by molar-refractivity contribution is 9.10. The van der Waals surface area contributed by atoms with Gasteiger partial charge in [-0.15, -0.1) is 0 Å². The lowest BCUT2D eigenvalue weighted by molar-refractivity contribution is -0.125. The first kappa shape index (κ1) is 16.2. The van der Waals surface area contributed by atoms with Crippen LogP contribution in [-0.2, 0) is 19.6 Å². The van der Waals surface area contributed by atoms with E-state index >= 15 is 0 Å². The number of sulfonamides is 1. The van der Waals surface area contributed by atoms with Crippen molar-refractivity contribution in [1.29, 1.82) is 0 Å². The van der Waals surface area contributed by atoms with Crippen molar-refractivity contribution in [2.45, 2.75) is 10.9 Å². The minimum Gasteiger partial charge on any atom is -0.495 e. The SMILES string of the molecule is COc1ccc(Br)cc1S(=O)(=O)N1CCOCC1C(N)=O. The van der Waals surface area contributed by atoms with E-state index in [1.54, 1.807) is 6.07 Å². The monoisotopic (exact) mass is 378 g/mol. The number of halogens is 1. The van der Waals surface area contributed by atoms with Gasteiger partial charge in [-0.05, 0) is 18.2 Å². The summed E-state index contributed by atoms with van der Waals surface area (Å²) in [5, 5.41) is 0. The summed E-state index contributed by atoms with van der Waals surface area (Å²) in [6.45, 7) is 0.218. The Hall–Kier alpha value is -1.16. The van der Waals surface area contributed by atoms with Crippen LogP contribution in [0, 0.1) is 0 Å². The molecule has 1 saturated heterocycles. The summed E-state index contributed by atoms with van der Waals surface area (Å²) in [5.41, 5.74) is 5.27. The van der Waals surface area contributed by atoms with Crippen LogP contribution in [0.3, 0.4) is 0 Å². The minimum absolute atomic E-state index is 0.0208. The van der Waals surface area contributed by atoms with Gasteiger partial charge >= 0.3 is 0 Å². The number of hydrogen-bond donors (Lipinski definition) is 1. The summed E-state index contributed by atoms with van der Waals surface area (Å²) in [6, 6.07) is 3.62. The maximum Gasteiger partial charge on any atom is 0.247 e. The lowest BCUT2D eigenvalue weighted by atomic mass is 10.3. The standard InChI is InChI=1S/C12H15BrN2O5S/c1-19-10-3-2-8(13)6-11(10)21(17,18)15-4-5-20-7-9(15)12(14)16/h2-3,6,9H,4-5,7H2,1H3,(H2,14,16). The summed E-state index contributed by atoms with van der Waals surface area (Å²) < 4.78 is 37.5. The molecule has 1 atom stereocenters. The molecule has 1 aliphatic heterocycles. The zero-order valence-electron chi connectivity index (χ0n) is 11.3. The Morgan fingerprint density at radius 1 is 1.52 bits per heavy atom. The van der Waals surface area contributed by atoms with Gasteiger partial charge in [-0.25, -0.2) is 8.42 Å². The Labute approximate surface area is 131 Å². The number of nitrogens with zero attached hydrogens (tertiary/aromatic N) is 1. The molecule has 2 N–H and O–H groups in total. The number of primary amides is 1. The first-order valence-electron chi connectivity index (χ1n) is 6.10. The number of rotatable bonds is 4. The van der Waals surface area contributed by atoms with Gasteiger partial charge in [0.15, 0.2) is 0 Å². The van der Waals surface area contributed by atoms with Gasteiger partial charge in [0.25, 0.3) is 0 Å². The number of amides is 1. The average molecular weight is 379 g/mol. The molecule has 2 rings (SSSR count). The zero-order valence-corrected chi connectivity index (χ0v) is 13.7. The lowest BCUT2D eigenvalue weighted by Crippen LogP contribution is -2.54. The summed E-state index contributed by atoms with van der Waals surface area (Å²) in [6.07, 6.45) is 0. The van der Waals surface area contributed by atoms with E-state index in [4.69, 9.17) is 15.2 Å². The average Bonchev–Trinajstić information content (AvgIpc) is 2.47. The first-order valence-corrected chi connectivity index (χ1v) is 8.33. The van der Waals surface area contributed by atoms with E-state index in [9.17, 15) is 13.2 Å². The molecule has 0 aromatic heterocycles. The molecule has 0 saturated carbocycles. The van der Waals surface area contributed by atoms with E-state index < -0.39 is 22.0 Å². The van der Waals surface area contributed by atoms with Gasteiger partial charge in [0.1, 0.15) is 16.7 Å². The number of nitrogens with two attached hydrogens (primary N) is 1. The van der Waals surface area contributed by atoms with Crippen molar-refractivity contribution in [3.8, 4) is 5.75 Å². The maximum absolute atomic E-state index is 12.8. The smallest absolute Gasteiger partial charge is 0.247 e. The topological polar surface area (TPSA) is 98.9 Å². The number of carbonyl (C=O) groups is 1. The molecular formula is C12H15BrN2O5S. The molecule has 21 heavy (non-hydrogen) atoms. The van der Waals surface area contributed by atoms with Crippen LogP contribution in [0.2, 0.25) is 0 Å². The Morgan fingerprint density at radius 3 is 2.86 bits per heavy atom. The number of ether oxygens (including phenoxy) is 2. The van der Waals surface area contributed by atoms with Crippen LogP contribution in [0.5, 0.6) is 5.75 Å². The highest BCUT2D eigenvalue weighted by Crippen LogP contribution is 2.31. The molecule has 116 valence electrons. The lowest BCUT2D eigenvalue weighted by Gasteiger charge is -2.32. The third kappa shape index (κ3) is 3.20. The second-order valence-corrected chi connectivity index (χ2v) is 7.18. The Balaban J connectivity index is 2.50. The molecule has 0 spiro atoms. The number of morpholine rings is 1. The predicted octanol–water partition coefficient (Wildman–Crippen LogP) is 0.332. The molecule has 1 aromatic rings. The van der Waals surface area contributed by atoms with Crippen molar-refractivity contribution in [3.63, 3.8) is 0 Å². The van der Waals surface area contributed by atoms with E-state index in [0.717, 1.165) is 4.31 Å². The van der Waals surface area contributed by atoms with E-state index in [1.165, 1.54) is 19.2 Å². The Morgan fingerprint density at radius 2 is 2.24 bits per heavy atom. The summed E-state index contributed by atoms with van der Waals surface area (Å²) in [4.78, 5) is 11.4. The third-order valence-electron chi connectivity index (χ3n) is 3.12. The van der Waals surface area contributed by atoms with Gasteiger partial charge in [-0.1, -0.05) is 15.9 Å². The molecular weight excluding hydrogens is 364 g/mol. The quantitative estimate of drug-likeness (QED) is 0.813. The van der Waals surface area contributed by atoms with Gasteiger partial charge in [-0.2, -0.15) is 4.31 Å². The molecule has 1 heterocycles. The van der Waals surface area contributed by atoms with Crippen LogP contribution in [-0.4, -0.2) is 51.5 Å². The van der Waals surface area contributed by atoms with Gasteiger partial charge in [-0.3, -0.25) is 4.79 Å². The van der Waals surface area contributed by atoms with Crippen LogP contribution in [0.1, 0.15) is 0 Å². The Bertz CT molecular complexity index is 649. The largest absolute Gasteiger partial charge is 0.495 e. The number of carbonyl (C=O) groups excluding carboxylic acids is 1. The van der Waals surface area contributed by atoms with Gasteiger partial charge in [0.2, 0.25) is 15.9 Å². The highest BCUT2D eigenvalue weighted by Gasteiger charge is 2.38. The maximum atomic E-state index is 12.8. The molecule has 9 heteroatoms. The van der Waals surface area contributed by atoms with E-state index in [0.29, 0.717) is 4.47 Å². The molecule has 1 amide bonds. The second kappa shape index (κ2) is 6.30. The predicted molar refractivity (Wildman–Crippen MR) is 78.4 cm³/mol. The van der Waals surface area contributed by atoms with Gasteiger partial charge in [0, 0.05) is 11.0 Å². The molecule has 1 unspecified atom stereocenters. The number of methoxy groups -OCH3 is 1. The fourth-order valence-electron chi connectivity index (χ4n) is 2.08. The van der Waals surface area contributed by atoms with Gasteiger partial charge in [0.05, 0.1) is 20.3 Å². The molecule has 1 aromatic carbocycles. The number of benzene rings is 1. The van der Waals surface area contributed by atoms with Crippen LogP contribution in [0.25, 0.3) is 0 Å². The van der Waals surface area contributed by atoms with E-state index in [1.807, 2.05) is 0 Å². The van der Waals surface area contributed by atoms with Crippen LogP contribution >= 0.6 is 15.9 Å². The zero-order chi connectivity index (χ0) is 15.6. The summed E-state index contributed by atoms with van der Waals surface area (Å²) in [7, 11) is -2.54. The van der Waals surface area contributed by atoms with Crippen molar-refractivity contribution in [2.75, 3.05) is 26.9 Å². The highest BCUT2D eigenvalue weighted by atomic mass is 79.9. The van der Waals surface area contributed by atoms with Crippen molar-refractivity contribution in [1.82, 2.24) is 4.31 Å². The fraction of sp³-hybridized carbons (Fsp3) is 0.417. The van der Waals surface area contributed by atoms with Crippen LogP contribution in [0.4, 0.5) is 0 Å². The minimum atomic E-state index is -3.92. The molecule has 1 fully saturated rings. The summed E-state index contributed by atoms with van der Waals surface area (Å²) in [5.74, 6) is -0.542. The molecule has 7 nitrogen and oxygen atoms in total. The van der Waals surface area contributed by atoms with Crippen molar-refractivity contribution in [3.05, 3.63) is 22.7 Å². The third-order valence-corrected chi connectivity index (χ3v) is 5.54.